The molecule has 0 aliphatic heterocycles. The van der Waals surface area contributed by atoms with Gasteiger partial charge in [-0.3, -0.25) is 0 Å². The van der Waals surface area contributed by atoms with Gasteiger partial charge in [0.2, 0.25) is 0 Å². The van der Waals surface area contributed by atoms with Crippen LogP contribution in [-0.4, -0.2) is 0 Å². The number of aryl methyl sites for hydroxylation is 1. The highest BCUT2D eigenvalue weighted by Gasteiger charge is 2.46. The highest BCUT2D eigenvalue weighted by molar-refractivity contribution is 6.22. The van der Waals surface area contributed by atoms with Gasteiger partial charge in [0, 0.05) is 0 Å². The van der Waals surface area contributed by atoms with E-state index in [9.17, 15) is 0 Å². The summed E-state index contributed by atoms with van der Waals surface area (Å²) in [4.78, 5) is 0. The second-order valence-corrected chi connectivity index (χ2v) is 16.2. The van der Waals surface area contributed by atoms with E-state index in [4.69, 9.17) is 0 Å². The van der Waals surface area contributed by atoms with Crippen LogP contribution in [0.5, 0.6) is 0 Å². The zero-order chi connectivity index (χ0) is 40.4. The van der Waals surface area contributed by atoms with Crippen LogP contribution in [0.15, 0.2) is 213 Å². The topological polar surface area (TPSA) is 0 Å². The van der Waals surface area contributed by atoms with Gasteiger partial charge in [-0.05, 0) is 141 Å². The van der Waals surface area contributed by atoms with Crippen molar-refractivity contribution in [3.63, 3.8) is 0 Å². The largest absolute Gasteiger partial charge is 0.0990 e. The summed E-state index contributed by atoms with van der Waals surface area (Å²) in [5.74, 6) is 0. The maximum absolute atomic E-state index is 4.36. The molecule has 0 fully saturated rings. The van der Waals surface area contributed by atoms with Gasteiger partial charge < -0.3 is 0 Å². The summed E-state index contributed by atoms with van der Waals surface area (Å²) < 4.78 is 0. The molecule has 0 bridgehead atoms. The zero-order valence-corrected chi connectivity index (χ0v) is 33.6. The maximum Gasteiger partial charge on any atom is 0.0713 e. The molecule has 60 heavy (non-hydrogen) atoms. The maximum atomic E-state index is 4.36. The number of benzene rings is 10. The molecule has 0 spiro atoms. The highest BCUT2D eigenvalue weighted by atomic mass is 14.5. The van der Waals surface area contributed by atoms with Crippen molar-refractivity contribution in [3.05, 3.63) is 251 Å². The highest BCUT2D eigenvalue weighted by Crippen LogP contribution is 2.57. The summed E-state index contributed by atoms with van der Waals surface area (Å²) in [6, 6.07) is 74.6. The minimum Gasteiger partial charge on any atom is -0.0990 e. The quantitative estimate of drug-likeness (QED) is 0.148. The lowest BCUT2D eigenvalue weighted by molar-refractivity contribution is 0.768. The van der Waals surface area contributed by atoms with Gasteiger partial charge in [0.1, 0.15) is 0 Å². The number of rotatable bonds is 6. The molecule has 0 saturated carbocycles. The predicted octanol–water partition coefficient (Wildman–Crippen LogP) is 14.2. The molecule has 1 aliphatic carbocycles. The number of hydrogen-bond acceptors (Lipinski definition) is 0. The fraction of sp³-hybridized carbons (Fsp3) is 0.0333. The van der Waals surface area contributed by atoms with Crippen molar-refractivity contribution in [2.45, 2.75) is 12.3 Å². The van der Waals surface area contributed by atoms with E-state index in [1.54, 1.807) is 0 Å². The van der Waals surface area contributed by atoms with Gasteiger partial charge in [-0.15, -0.1) is 0 Å². The molecular formula is C60H42. The standard InChI is InChI=1S/C60H42/c1-4-15-42-35-46(26-25-40(42)3)59-53-23-14-13-22-52(53)58(47-28-27-41-16-11-12-17-43(41)36-47)54-33-30-44(37-55(54)59)45-29-32-51-50-31-24-39(2)34-56(50)60(57(51)38-45,48-18-7-5-8-19-48)49-20-9-6-10-21-49/h4-38H,1,3H2,2H3/b42-15-. The summed E-state index contributed by atoms with van der Waals surface area (Å²) in [5.41, 5.74) is 15.8. The Bertz CT molecular complexity index is 3420. The van der Waals surface area contributed by atoms with Crippen molar-refractivity contribution in [2.24, 2.45) is 0 Å². The monoisotopic (exact) mass is 762 g/mol. The van der Waals surface area contributed by atoms with E-state index in [0.29, 0.717) is 0 Å². The van der Waals surface area contributed by atoms with Crippen molar-refractivity contribution >= 4 is 45.0 Å². The average molecular weight is 763 g/mol. The number of fused-ring (bicyclic) bond motifs is 6. The lowest BCUT2D eigenvalue weighted by atomic mass is 9.67. The second kappa shape index (κ2) is 14.1. The van der Waals surface area contributed by atoms with Crippen LogP contribution in [0.2, 0.25) is 0 Å². The van der Waals surface area contributed by atoms with Gasteiger partial charge in [0.25, 0.3) is 0 Å². The molecule has 0 amide bonds. The Labute approximate surface area is 351 Å². The fourth-order valence-electron chi connectivity index (χ4n) is 10.1. The molecule has 0 radical (unpaired) electrons. The third kappa shape index (κ3) is 5.45. The number of allylic oxidation sites excluding steroid dienone is 1. The second-order valence-electron chi connectivity index (χ2n) is 16.2. The summed E-state index contributed by atoms with van der Waals surface area (Å²) >= 11 is 0. The van der Waals surface area contributed by atoms with Gasteiger partial charge in [0.05, 0.1) is 5.41 Å². The Morgan fingerprint density at radius 3 is 1.67 bits per heavy atom. The summed E-state index contributed by atoms with van der Waals surface area (Å²) in [6.07, 6.45) is 3.91. The van der Waals surface area contributed by atoms with E-state index in [2.05, 4.69) is 226 Å². The molecule has 0 saturated heterocycles. The zero-order valence-electron chi connectivity index (χ0n) is 33.6. The van der Waals surface area contributed by atoms with Crippen molar-refractivity contribution in [3.8, 4) is 44.5 Å². The van der Waals surface area contributed by atoms with E-state index in [0.717, 1.165) is 16.0 Å². The number of hydrogen-bond donors (Lipinski definition) is 0. The molecule has 10 aromatic rings. The van der Waals surface area contributed by atoms with Gasteiger partial charge in [-0.2, -0.15) is 0 Å². The van der Waals surface area contributed by atoms with Crippen LogP contribution in [-0.2, 0) is 5.41 Å². The van der Waals surface area contributed by atoms with Gasteiger partial charge in [-0.25, -0.2) is 0 Å². The molecule has 282 valence electrons. The van der Waals surface area contributed by atoms with Gasteiger partial charge in [0.15, 0.2) is 0 Å². The summed E-state index contributed by atoms with van der Waals surface area (Å²) in [5, 5.41) is 9.42. The van der Waals surface area contributed by atoms with Crippen LogP contribution in [0.25, 0.3) is 89.5 Å². The first-order valence-electron chi connectivity index (χ1n) is 20.8. The van der Waals surface area contributed by atoms with Crippen LogP contribution < -0.4 is 10.4 Å². The van der Waals surface area contributed by atoms with E-state index in [-0.39, 0.29) is 0 Å². The fourth-order valence-corrected chi connectivity index (χ4v) is 10.1. The Morgan fingerprint density at radius 1 is 0.417 bits per heavy atom. The summed E-state index contributed by atoms with van der Waals surface area (Å²) in [7, 11) is 0. The smallest absolute Gasteiger partial charge is 0.0713 e. The van der Waals surface area contributed by atoms with Crippen LogP contribution in [0.4, 0.5) is 0 Å². The van der Waals surface area contributed by atoms with E-state index in [1.165, 1.54) is 99.1 Å². The Kier molecular flexibility index (Phi) is 8.36. The molecular weight excluding hydrogens is 721 g/mol. The molecule has 0 heterocycles. The molecule has 0 unspecified atom stereocenters. The first-order valence-corrected chi connectivity index (χ1v) is 20.8. The van der Waals surface area contributed by atoms with Crippen molar-refractivity contribution in [1.29, 1.82) is 0 Å². The third-order valence-corrected chi connectivity index (χ3v) is 12.8. The SMILES string of the molecule is C=C/C=c1/cc(-c2c3ccccc3c(-c3ccc4ccccc4c3)c3ccc(-c4ccc5c(c4)C(c4ccccc4)(c4ccccc4)c4cc(C)ccc4-5)cc23)ccc1=C. The Morgan fingerprint density at radius 2 is 0.950 bits per heavy atom. The lowest BCUT2D eigenvalue weighted by Crippen LogP contribution is -2.28. The van der Waals surface area contributed by atoms with E-state index >= 15 is 0 Å². The Balaban J connectivity index is 1.22. The van der Waals surface area contributed by atoms with Crippen LogP contribution in [0, 0.1) is 6.92 Å². The molecule has 0 aromatic heterocycles. The third-order valence-electron chi connectivity index (χ3n) is 12.8. The molecule has 0 heteroatoms. The molecule has 11 rings (SSSR count). The normalized spacial score (nSPS) is 13.1. The van der Waals surface area contributed by atoms with Gasteiger partial charge in [-0.1, -0.05) is 207 Å². The van der Waals surface area contributed by atoms with Gasteiger partial charge >= 0.3 is 0 Å². The lowest BCUT2D eigenvalue weighted by Gasteiger charge is -2.34. The molecule has 1 aliphatic rings. The van der Waals surface area contributed by atoms with Crippen LogP contribution >= 0.6 is 0 Å². The molecule has 0 N–H and O–H groups in total. The summed E-state index contributed by atoms with van der Waals surface area (Å²) in [6.45, 7) is 10.6. The van der Waals surface area contributed by atoms with Crippen LogP contribution in [0.3, 0.4) is 0 Å². The first-order chi connectivity index (χ1) is 29.5. The minimum absolute atomic E-state index is 0.481. The average Bonchev–Trinajstić information content (AvgIpc) is 3.58. The Hall–Kier alpha value is -7.54. The minimum atomic E-state index is -0.481. The van der Waals surface area contributed by atoms with Crippen molar-refractivity contribution < 1.29 is 0 Å². The van der Waals surface area contributed by atoms with Crippen molar-refractivity contribution in [1.82, 2.24) is 0 Å². The van der Waals surface area contributed by atoms with Crippen molar-refractivity contribution in [2.75, 3.05) is 0 Å². The molecule has 0 nitrogen and oxygen atoms in total. The predicted molar refractivity (Wildman–Crippen MR) is 257 cm³/mol. The first kappa shape index (κ1) is 35.6. The molecule has 0 atom stereocenters. The van der Waals surface area contributed by atoms with E-state index < -0.39 is 5.41 Å². The van der Waals surface area contributed by atoms with E-state index in [1.807, 2.05) is 6.08 Å². The van der Waals surface area contributed by atoms with Crippen LogP contribution in [0.1, 0.15) is 27.8 Å². The molecule has 10 aromatic carbocycles.